The van der Waals surface area contributed by atoms with Crippen molar-refractivity contribution in [1.82, 2.24) is 4.90 Å². The maximum atomic E-state index is 12.5. The Hall–Kier alpha value is -2.50. The van der Waals surface area contributed by atoms with E-state index in [0.717, 1.165) is 18.4 Å². The highest BCUT2D eigenvalue weighted by atomic mass is 16.5. The quantitative estimate of drug-likeness (QED) is 0.740. The first-order valence-corrected chi connectivity index (χ1v) is 8.41. The Morgan fingerprint density at radius 3 is 2.72 bits per heavy atom. The molecule has 0 radical (unpaired) electrons. The molecule has 1 aromatic rings. The van der Waals surface area contributed by atoms with Gasteiger partial charge in [0.15, 0.2) is 18.1 Å². The number of piperidine rings is 1. The summed E-state index contributed by atoms with van der Waals surface area (Å²) >= 11 is 0. The Labute approximate surface area is 148 Å². The minimum absolute atomic E-state index is 0.146. The van der Waals surface area contributed by atoms with Gasteiger partial charge in [0.1, 0.15) is 6.04 Å². The minimum Gasteiger partial charge on any atom is -0.493 e. The monoisotopic (exact) mass is 347 g/mol. The maximum Gasteiger partial charge on any atom is 0.328 e. The number of ether oxygens (including phenoxy) is 3. The summed E-state index contributed by atoms with van der Waals surface area (Å²) in [6.07, 6.45) is 6.29. The molecule has 0 spiro atoms. The zero-order valence-electron chi connectivity index (χ0n) is 15.0. The van der Waals surface area contributed by atoms with Gasteiger partial charge in [-0.25, -0.2) is 4.79 Å². The van der Waals surface area contributed by atoms with Crippen molar-refractivity contribution in [1.29, 1.82) is 0 Å². The fourth-order valence-electron chi connectivity index (χ4n) is 2.93. The van der Waals surface area contributed by atoms with Crippen molar-refractivity contribution in [2.75, 3.05) is 27.4 Å². The van der Waals surface area contributed by atoms with Gasteiger partial charge >= 0.3 is 5.97 Å². The molecule has 0 aliphatic carbocycles. The third-order valence-corrected chi connectivity index (χ3v) is 4.19. The van der Waals surface area contributed by atoms with E-state index in [1.165, 1.54) is 7.11 Å². The molecule has 25 heavy (non-hydrogen) atoms. The highest BCUT2D eigenvalue weighted by Gasteiger charge is 2.33. The largest absolute Gasteiger partial charge is 0.493 e. The van der Waals surface area contributed by atoms with Crippen LogP contribution in [0.4, 0.5) is 0 Å². The molecule has 1 fully saturated rings. The zero-order chi connectivity index (χ0) is 18.2. The van der Waals surface area contributed by atoms with Crippen LogP contribution in [0.3, 0.4) is 0 Å². The molecular formula is C19H25NO5. The number of amides is 1. The zero-order valence-corrected chi connectivity index (χ0v) is 15.0. The first kappa shape index (κ1) is 18.8. The van der Waals surface area contributed by atoms with E-state index in [1.54, 1.807) is 18.1 Å². The summed E-state index contributed by atoms with van der Waals surface area (Å²) in [6, 6.07) is 4.99. The normalized spacial score (nSPS) is 17.4. The Bertz CT molecular complexity index is 641. The number of hydrogen-bond acceptors (Lipinski definition) is 5. The topological polar surface area (TPSA) is 65.1 Å². The summed E-state index contributed by atoms with van der Waals surface area (Å²) in [5.41, 5.74) is 0.986. The molecule has 1 atom stereocenters. The molecule has 0 aromatic heterocycles. The molecule has 2 rings (SSSR count). The summed E-state index contributed by atoms with van der Waals surface area (Å²) in [5, 5.41) is 0. The van der Waals surface area contributed by atoms with Gasteiger partial charge in [-0.15, -0.1) is 0 Å². The number of likely N-dealkylation sites (tertiary alicyclic amines) is 1. The smallest absolute Gasteiger partial charge is 0.328 e. The van der Waals surface area contributed by atoms with Crippen LogP contribution in [0.15, 0.2) is 24.3 Å². The highest BCUT2D eigenvalue weighted by molar-refractivity contribution is 5.85. The lowest BCUT2D eigenvalue weighted by molar-refractivity contribution is -0.155. The van der Waals surface area contributed by atoms with Crippen molar-refractivity contribution in [3.05, 3.63) is 29.8 Å². The van der Waals surface area contributed by atoms with Crippen molar-refractivity contribution >= 4 is 18.0 Å². The predicted molar refractivity (Wildman–Crippen MR) is 94.6 cm³/mol. The van der Waals surface area contributed by atoms with Crippen molar-refractivity contribution in [2.45, 2.75) is 32.2 Å². The fourth-order valence-corrected chi connectivity index (χ4v) is 2.93. The van der Waals surface area contributed by atoms with Gasteiger partial charge in [0.2, 0.25) is 0 Å². The molecule has 1 heterocycles. The van der Waals surface area contributed by atoms with E-state index in [9.17, 15) is 9.59 Å². The van der Waals surface area contributed by atoms with Crippen LogP contribution in [0.2, 0.25) is 0 Å². The van der Waals surface area contributed by atoms with Gasteiger partial charge in [-0.1, -0.05) is 18.2 Å². The van der Waals surface area contributed by atoms with E-state index >= 15 is 0 Å². The predicted octanol–water partition coefficient (Wildman–Crippen LogP) is 2.66. The second kappa shape index (κ2) is 9.11. The molecule has 0 N–H and O–H groups in total. The molecule has 1 aliphatic heterocycles. The first-order chi connectivity index (χ1) is 12.1. The van der Waals surface area contributed by atoms with Crippen LogP contribution in [0, 0.1) is 0 Å². The Morgan fingerprint density at radius 2 is 2.04 bits per heavy atom. The molecule has 1 aliphatic rings. The molecule has 6 nitrogen and oxygen atoms in total. The SMILES string of the molecule is C/C=C/c1ccc(OCC(=O)N2CCCCC2C(=O)OC)c(OC)c1. The number of hydrogen-bond donors (Lipinski definition) is 0. The molecular weight excluding hydrogens is 322 g/mol. The second-order valence-electron chi connectivity index (χ2n) is 5.82. The summed E-state index contributed by atoms with van der Waals surface area (Å²) in [6.45, 7) is 2.33. The van der Waals surface area contributed by atoms with Gasteiger partial charge in [0.05, 0.1) is 14.2 Å². The Kier molecular flexibility index (Phi) is 6.86. The molecule has 1 saturated heterocycles. The average molecular weight is 347 g/mol. The van der Waals surface area contributed by atoms with Crippen molar-refractivity contribution in [3.8, 4) is 11.5 Å². The number of allylic oxidation sites excluding steroid dienone is 1. The third kappa shape index (κ3) is 4.75. The maximum absolute atomic E-state index is 12.5. The number of esters is 1. The van der Waals surface area contributed by atoms with Crippen LogP contribution in [0.5, 0.6) is 11.5 Å². The second-order valence-corrected chi connectivity index (χ2v) is 5.82. The van der Waals surface area contributed by atoms with Crippen LogP contribution < -0.4 is 9.47 Å². The highest BCUT2D eigenvalue weighted by Crippen LogP contribution is 2.29. The Balaban J connectivity index is 2.04. The van der Waals surface area contributed by atoms with Crippen molar-refractivity contribution in [2.24, 2.45) is 0 Å². The minimum atomic E-state index is -0.520. The lowest BCUT2D eigenvalue weighted by atomic mass is 10.0. The standard InChI is InChI=1S/C19H25NO5/c1-4-7-14-9-10-16(17(12-14)23-2)25-13-18(21)20-11-6-5-8-15(20)19(22)24-3/h4,7,9-10,12,15H,5-6,8,11,13H2,1-3H3/b7-4+. The van der Waals surface area contributed by atoms with Gasteiger partial charge in [-0.2, -0.15) is 0 Å². The van der Waals surface area contributed by atoms with E-state index in [1.807, 2.05) is 31.2 Å². The molecule has 0 saturated carbocycles. The molecule has 1 amide bonds. The molecule has 6 heteroatoms. The summed E-state index contributed by atoms with van der Waals surface area (Å²) in [4.78, 5) is 25.9. The van der Waals surface area contributed by atoms with Gasteiger partial charge < -0.3 is 19.1 Å². The van der Waals surface area contributed by atoms with Crippen LogP contribution >= 0.6 is 0 Å². The number of methoxy groups -OCH3 is 2. The number of carbonyl (C=O) groups excluding carboxylic acids is 2. The van der Waals surface area contributed by atoms with Gasteiger partial charge in [-0.3, -0.25) is 4.79 Å². The van der Waals surface area contributed by atoms with E-state index < -0.39 is 6.04 Å². The van der Waals surface area contributed by atoms with Crippen molar-refractivity contribution < 1.29 is 23.8 Å². The van der Waals surface area contributed by atoms with E-state index in [0.29, 0.717) is 24.5 Å². The van der Waals surface area contributed by atoms with Crippen LogP contribution in [-0.2, 0) is 14.3 Å². The van der Waals surface area contributed by atoms with Crippen LogP contribution in [-0.4, -0.2) is 50.2 Å². The van der Waals surface area contributed by atoms with Gasteiger partial charge in [-0.05, 0) is 43.9 Å². The van der Waals surface area contributed by atoms with E-state index in [2.05, 4.69) is 0 Å². The van der Waals surface area contributed by atoms with Crippen LogP contribution in [0.1, 0.15) is 31.7 Å². The lowest BCUT2D eigenvalue weighted by Crippen LogP contribution is -2.50. The summed E-state index contributed by atoms with van der Waals surface area (Å²) in [5.74, 6) is 0.457. The number of nitrogens with zero attached hydrogens (tertiary/aromatic N) is 1. The lowest BCUT2D eigenvalue weighted by Gasteiger charge is -2.33. The van der Waals surface area contributed by atoms with E-state index in [-0.39, 0.29) is 18.5 Å². The molecule has 1 aromatic carbocycles. The fraction of sp³-hybridized carbons (Fsp3) is 0.474. The number of benzene rings is 1. The number of rotatable bonds is 6. The van der Waals surface area contributed by atoms with Gasteiger partial charge in [0.25, 0.3) is 5.91 Å². The molecule has 0 bridgehead atoms. The van der Waals surface area contributed by atoms with Crippen LogP contribution in [0.25, 0.3) is 6.08 Å². The third-order valence-electron chi connectivity index (χ3n) is 4.19. The number of carbonyl (C=O) groups is 2. The average Bonchev–Trinajstić information content (AvgIpc) is 2.66. The molecule has 1 unspecified atom stereocenters. The molecule has 136 valence electrons. The van der Waals surface area contributed by atoms with Gasteiger partial charge in [0, 0.05) is 6.54 Å². The summed E-state index contributed by atoms with van der Waals surface area (Å²) < 4.78 is 15.8. The van der Waals surface area contributed by atoms with Crippen molar-refractivity contribution in [3.63, 3.8) is 0 Å². The summed E-state index contributed by atoms with van der Waals surface area (Å²) in [7, 11) is 2.90. The first-order valence-electron chi connectivity index (χ1n) is 8.41. The van der Waals surface area contributed by atoms with E-state index in [4.69, 9.17) is 14.2 Å². The Morgan fingerprint density at radius 1 is 1.24 bits per heavy atom.